The van der Waals surface area contributed by atoms with Crippen molar-refractivity contribution in [2.24, 2.45) is 0 Å². The van der Waals surface area contributed by atoms with E-state index in [0.717, 1.165) is 18.9 Å². The summed E-state index contributed by atoms with van der Waals surface area (Å²) in [6.07, 6.45) is 4.42. The Morgan fingerprint density at radius 1 is 1.64 bits per heavy atom. The SMILES string of the molecule is Cc1ccnc(NC[C@@H]2CCCN2)c1. The second-order valence-corrected chi connectivity index (χ2v) is 3.89. The molecule has 76 valence electrons. The van der Waals surface area contributed by atoms with Gasteiger partial charge in [0.25, 0.3) is 0 Å². The van der Waals surface area contributed by atoms with Crippen LogP contribution in [0, 0.1) is 6.92 Å². The highest BCUT2D eigenvalue weighted by atomic mass is 15.0. The zero-order valence-electron chi connectivity index (χ0n) is 8.59. The smallest absolute Gasteiger partial charge is 0.126 e. The second-order valence-electron chi connectivity index (χ2n) is 3.89. The number of anilines is 1. The van der Waals surface area contributed by atoms with E-state index in [0.29, 0.717) is 6.04 Å². The molecular formula is C11H17N3. The van der Waals surface area contributed by atoms with E-state index in [1.165, 1.54) is 18.4 Å². The van der Waals surface area contributed by atoms with E-state index in [1.807, 2.05) is 12.3 Å². The Labute approximate surface area is 84.9 Å². The lowest BCUT2D eigenvalue weighted by Crippen LogP contribution is -2.29. The molecule has 1 fully saturated rings. The maximum atomic E-state index is 4.26. The van der Waals surface area contributed by atoms with Crippen molar-refractivity contribution in [3.05, 3.63) is 23.9 Å². The maximum Gasteiger partial charge on any atom is 0.126 e. The Bertz CT molecular complexity index is 292. The van der Waals surface area contributed by atoms with Gasteiger partial charge in [-0.3, -0.25) is 0 Å². The van der Waals surface area contributed by atoms with Crippen molar-refractivity contribution in [2.75, 3.05) is 18.4 Å². The van der Waals surface area contributed by atoms with Gasteiger partial charge < -0.3 is 10.6 Å². The number of rotatable bonds is 3. The molecule has 14 heavy (non-hydrogen) atoms. The van der Waals surface area contributed by atoms with Gasteiger partial charge in [0.05, 0.1) is 0 Å². The second kappa shape index (κ2) is 4.42. The van der Waals surface area contributed by atoms with Crippen LogP contribution in [0.25, 0.3) is 0 Å². The van der Waals surface area contributed by atoms with Crippen LogP contribution in [0.2, 0.25) is 0 Å². The molecule has 2 heterocycles. The van der Waals surface area contributed by atoms with Gasteiger partial charge in [-0.2, -0.15) is 0 Å². The Hall–Kier alpha value is -1.09. The summed E-state index contributed by atoms with van der Waals surface area (Å²) in [5.74, 6) is 0.985. The molecule has 2 rings (SSSR count). The van der Waals surface area contributed by atoms with E-state index < -0.39 is 0 Å². The van der Waals surface area contributed by atoms with Crippen molar-refractivity contribution in [3.63, 3.8) is 0 Å². The fourth-order valence-corrected chi connectivity index (χ4v) is 1.79. The third kappa shape index (κ3) is 2.45. The molecule has 0 aliphatic carbocycles. The van der Waals surface area contributed by atoms with Crippen LogP contribution in [0.5, 0.6) is 0 Å². The molecule has 0 saturated carbocycles. The lowest BCUT2D eigenvalue weighted by molar-refractivity contribution is 0.632. The average molecular weight is 191 g/mol. The van der Waals surface area contributed by atoms with E-state index >= 15 is 0 Å². The third-order valence-corrected chi connectivity index (χ3v) is 2.61. The molecule has 3 nitrogen and oxygen atoms in total. The summed E-state index contributed by atoms with van der Waals surface area (Å²) >= 11 is 0. The molecule has 1 saturated heterocycles. The lowest BCUT2D eigenvalue weighted by atomic mass is 10.2. The molecule has 0 unspecified atom stereocenters. The average Bonchev–Trinajstić information content (AvgIpc) is 2.67. The highest BCUT2D eigenvalue weighted by Crippen LogP contribution is 2.08. The number of hydrogen-bond donors (Lipinski definition) is 2. The van der Waals surface area contributed by atoms with Gasteiger partial charge in [0.1, 0.15) is 5.82 Å². The van der Waals surface area contributed by atoms with Gasteiger partial charge in [-0.05, 0) is 44.0 Å². The first kappa shape index (κ1) is 9.46. The van der Waals surface area contributed by atoms with Crippen molar-refractivity contribution in [1.29, 1.82) is 0 Å². The molecule has 1 aliphatic heterocycles. The van der Waals surface area contributed by atoms with Crippen molar-refractivity contribution in [1.82, 2.24) is 10.3 Å². The number of nitrogens with zero attached hydrogens (tertiary/aromatic N) is 1. The van der Waals surface area contributed by atoms with Crippen molar-refractivity contribution >= 4 is 5.82 Å². The summed E-state index contributed by atoms with van der Waals surface area (Å²) in [6.45, 7) is 4.23. The summed E-state index contributed by atoms with van der Waals surface area (Å²) in [4.78, 5) is 4.26. The predicted molar refractivity (Wildman–Crippen MR) is 58.5 cm³/mol. The number of hydrogen-bond acceptors (Lipinski definition) is 3. The molecule has 1 aliphatic rings. The van der Waals surface area contributed by atoms with Gasteiger partial charge in [-0.1, -0.05) is 0 Å². The standard InChI is InChI=1S/C11H17N3/c1-9-4-6-13-11(7-9)14-8-10-3-2-5-12-10/h4,6-7,10,12H,2-3,5,8H2,1H3,(H,13,14)/t10-/m0/s1. The minimum absolute atomic E-state index is 0.623. The van der Waals surface area contributed by atoms with Gasteiger partial charge in [0.2, 0.25) is 0 Å². The van der Waals surface area contributed by atoms with Crippen LogP contribution in [0.4, 0.5) is 5.82 Å². The van der Waals surface area contributed by atoms with E-state index in [1.54, 1.807) is 0 Å². The molecule has 0 aromatic carbocycles. The van der Waals surface area contributed by atoms with Crippen LogP contribution in [0.3, 0.4) is 0 Å². The highest BCUT2D eigenvalue weighted by molar-refractivity contribution is 5.37. The lowest BCUT2D eigenvalue weighted by Gasteiger charge is -2.11. The van der Waals surface area contributed by atoms with Crippen LogP contribution in [0.1, 0.15) is 18.4 Å². The first-order valence-corrected chi connectivity index (χ1v) is 5.24. The van der Waals surface area contributed by atoms with Gasteiger partial charge in [-0.25, -0.2) is 4.98 Å². The zero-order valence-corrected chi connectivity index (χ0v) is 8.59. The van der Waals surface area contributed by atoms with E-state index in [2.05, 4.69) is 28.6 Å². The first-order valence-electron chi connectivity index (χ1n) is 5.24. The van der Waals surface area contributed by atoms with Crippen LogP contribution in [-0.2, 0) is 0 Å². The Morgan fingerprint density at radius 3 is 3.29 bits per heavy atom. The van der Waals surface area contributed by atoms with E-state index in [-0.39, 0.29) is 0 Å². The summed E-state index contributed by atoms with van der Waals surface area (Å²) in [6, 6.07) is 4.71. The number of nitrogens with one attached hydrogen (secondary N) is 2. The monoisotopic (exact) mass is 191 g/mol. The highest BCUT2D eigenvalue weighted by Gasteiger charge is 2.13. The molecule has 0 bridgehead atoms. The van der Waals surface area contributed by atoms with Crippen LogP contribution < -0.4 is 10.6 Å². The van der Waals surface area contributed by atoms with Gasteiger partial charge in [0, 0.05) is 18.8 Å². The first-order chi connectivity index (χ1) is 6.84. The molecular weight excluding hydrogens is 174 g/mol. The Kier molecular flexibility index (Phi) is 2.99. The van der Waals surface area contributed by atoms with Gasteiger partial charge in [0.15, 0.2) is 0 Å². The molecule has 0 amide bonds. The van der Waals surface area contributed by atoms with Crippen molar-refractivity contribution in [3.8, 4) is 0 Å². The molecule has 1 atom stereocenters. The van der Waals surface area contributed by atoms with Crippen LogP contribution in [-0.4, -0.2) is 24.1 Å². The van der Waals surface area contributed by atoms with Crippen LogP contribution >= 0.6 is 0 Å². The fourth-order valence-electron chi connectivity index (χ4n) is 1.79. The van der Waals surface area contributed by atoms with Gasteiger partial charge >= 0.3 is 0 Å². The van der Waals surface area contributed by atoms with E-state index in [9.17, 15) is 0 Å². The molecule has 3 heteroatoms. The van der Waals surface area contributed by atoms with E-state index in [4.69, 9.17) is 0 Å². The molecule has 1 aromatic rings. The van der Waals surface area contributed by atoms with Gasteiger partial charge in [-0.15, -0.1) is 0 Å². The number of pyridine rings is 1. The quantitative estimate of drug-likeness (QED) is 0.761. The maximum absolute atomic E-state index is 4.26. The Balaban J connectivity index is 1.85. The van der Waals surface area contributed by atoms with Crippen molar-refractivity contribution in [2.45, 2.75) is 25.8 Å². The molecule has 1 aromatic heterocycles. The molecule has 0 radical (unpaired) electrons. The van der Waals surface area contributed by atoms with Crippen LogP contribution in [0.15, 0.2) is 18.3 Å². The number of aryl methyl sites for hydroxylation is 1. The third-order valence-electron chi connectivity index (χ3n) is 2.61. The summed E-state index contributed by atoms with van der Waals surface area (Å²) in [7, 11) is 0. The molecule has 0 spiro atoms. The molecule has 2 N–H and O–H groups in total. The summed E-state index contributed by atoms with van der Waals surface area (Å²) < 4.78 is 0. The summed E-state index contributed by atoms with van der Waals surface area (Å²) in [5.41, 5.74) is 1.25. The van der Waals surface area contributed by atoms with Crippen molar-refractivity contribution < 1.29 is 0 Å². The fraction of sp³-hybridized carbons (Fsp3) is 0.545. The number of aromatic nitrogens is 1. The summed E-state index contributed by atoms with van der Waals surface area (Å²) in [5, 5.41) is 6.80. The Morgan fingerprint density at radius 2 is 2.57 bits per heavy atom. The topological polar surface area (TPSA) is 37.0 Å². The zero-order chi connectivity index (χ0) is 9.80. The predicted octanol–water partition coefficient (Wildman–Crippen LogP) is 1.55. The minimum Gasteiger partial charge on any atom is -0.369 e. The largest absolute Gasteiger partial charge is 0.369 e. The normalized spacial score (nSPS) is 21.1. The minimum atomic E-state index is 0.623.